The van der Waals surface area contributed by atoms with E-state index in [4.69, 9.17) is 9.47 Å². The van der Waals surface area contributed by atoms with E-state index in [1.54, 1.807) is 14.0 Å². The Kier molecular flexibility index (Phi) is 4.29. The summed E-state index contributed by atoms with van der Waals surface area (Å²) < 4.78 is 12.2. The average Bonchev–Trinajstić information content (AvgIpc) is 2.78. The molecule has 1 aromatic rings. The smallest absolute Gasteiger partial charge is 0.330 e. The summed E-state index contributed by atoms with van der Waals surface area (Å²) in [5.41, 5.74) is -0.459. The second-order valence-electron chi connectivity index (χ2n) is 4.62. The van der Waals surface area contributed by atoms with E-state index in [1.165, 1.54) is 10.8 Å². The second kappa shape index (κ2) is 5.96. The molecule has 0 spiro atoms. The summed E-state index contributed by atoms with van der Waals surface area (Å²) in [6, 6.07) is -0.225. The number of hydrogen-bond acceptors (Lipinski definition) is 5. The minimum atomic E-state index is -0.506. The zero-order valence-electron chi connectivity index (χ0n) is 11.4. The average molecular weight is 281 g/mol. The maximum Gasteiger partial charge on any atom is 0.330 e. The van der Waals surface area contributed by atoms with Crippen molar-refractivity contribution in [2.75, 3.05) is 13.7 Å². The first-order valence-electron chi connectivity index (χ1n) is 6.19. The number of methoxy groups -OCH3 is 1. The summed E-state index contributed by atoms with van der Waals surface area (Å²) in [5, 5.41) is 3.99. The van der Waals surface area contributed by atoms with Gasteiger partial charge in [-0.05, 0) is 6.92 Å². The third-order valence-corrected chi connectivity index (χ3v) is 3.22. The Morgan fingerprint density at radius 1 is 1.65 bits per heavy atom. The Hall–Kier alpha value is -2.02. The van der Waals surface area contributed by atoms with Crippen LogP contribution in [0.5, 0.6) is 0 Å². The lowest BCUT2D eigenvalue weighted by atomic mass is 10.1. The molecule has 20 heavy (non-hydrogen) atoms. The molecule has 1 fully saturated rings. The molecule has 0 radical (unpaired) electrons. The van der Waals surface area contributed by atoms with Crippen LogP contribution in [0.15, 0.2) is 20.9 Å². The highest BCUT2D eigenvalue weighted by molar-refractivity contribution is 5.12. The van der Waals surface area contributed by atoms with Crippen molar-refractivity contribution in [1.29, 1.82) is 0 Å². The van der Waals surface area contributed by atoms with Crippen LogP contribution < -0.4 is 11.2 Å². The molecule has 1 aromatic heterocycles. The number of nitrogens with one attached hydrogen (secondary N) is 1. The first-order valence-corrected chi connectivity index (χ1v) is 6.19. The number of hydrogen-bond donors (Lipinski definition) is 1. The molecule has 8 nitrogen and oxygen atoms in total. The summed E-state index contributed by atoms with van der Waals surface area (Å²) >= 11 is 0. The number of aryl methyl sites for hydroxylation is 1. The van der Waals surface area contributed by atoms with E-state index in [2.05, 4.69) is 21.6 Å². The molecule has 0 bridgehead atoms. The molecule has 2 heterocycles. The second-order valence-corrected chi connectivity index (χ2v) is 4.62. The number of ether oxygens (including phenoxy) is 2. The van der Waals surface area contributed by atoms with Gasteiger partial charge in [0.05, 0.1) is 11.7 Å². The molecular formula is C12H17N4O4+. The number of rotatable bonds is 4. The molecule has 8 heteroatoms. The van der Waals surface area contributed by atoms with Crippen LogP contribution in [0.25, 0.3) is 0 Å². The lowest BCUT2D eigenvalue weighted by Gasteiger charge is -2.15. The standard InChI is InChI=1S/C12H16N4O4/c1-7-5-16(12(18)14-11(7)17)10-4-8(15-13-2)9(20-10)6-19-3/h5,8-10H,2,4,6H2,1,3H3/p+1/t8-,9+,10+/m0/s1. The van der Waals surface area contributed by atoms with E-state index in [1.807, 2.05) is 0 Å². The van der Waals surface area contributed by atoms with Crippen LogP contribution in [0.1, 0.15) is 18.2 Å². The van der Waals surface area contributed by atoms with Crippen molar-refractivity contribution in [3.05, 3.63) is 32.6 Å². The van der Waals surface area contributed by atoms with E-state index in [-0.39, 0.29) is 12.1 Å². The van der Waals surface area contributed by atoms with E-state index in [0.29, 0.717) is 18.6 Å². The van der Waals surface area contributed by atoms with E-state index < -0.39 is 17.5 Å². The normalized spacial score (nSPS) is 25.4. The van der Waals surface area contributed by atoms with Crippen LogP contribution in [0, 0.1) is 6.92 Å². The molecule has 0 unspecified atom stereocenters. The third-order valence-electron chi connectivity index (χ3n) is 3.22. The molecule has 1 aliphatic rings. The van der Waals surface area contributed by atoms with Crippen molar-refractivity contribution in [1.82, 2.24) is 9.55 Å². The van der Waals surface area contributed by atoms with Crippen molar-refractivity contribution in [3.8, 4) is 0 Å². The van der Waals surface area contributed by atoms with Gasteiger partial charge in [0.1, 0.15) is 12.3 Å². The van der Waals surface area contributed by atoms with Crippen LogP contribution in [0.2, 0.25) is 0 Å². The quantitative estimate of drug-likeness (QED) is 0.457. The molecule has 0 aliphatic carbocycles. The third kappa shape index (κ3) is 2.77. The SMILES string of the molecule is C=[N+]=N[C@H]1C[C@H](n2cc(C)c(=O)[nH]c2=O)O[C@@H]1COC. The zero-order valence-corrected chi connectivity index (χ0v) is 11.4. The zero-order chi connectivity index (χ0) is 14.7. The van der Waals surface area contributed by atoms with Crippen LogP contribution in [0.4, 0.5) is 0 Å². The number of aromatic amines is 1. The van der Waals surface area contributed by atoms with Crippen molar-refractivity contribution < 1.29 is 14.3 Å². The summed E-state index contributed by atoms with van der Waals surface area (Å²) in [5.74, 6) is 0. The number of H-pyrrole nitrogens is 1. The van der Waals surface area contributed by atoms with Gasteiger partial charge >= 0.3 is 5.69 Å². The van der Waals surface area contributed by atoms with Gasteiger partial charge in [-0.1, -0.05) is 0 Å². The fourth-order valence-corrected chi connectivity index (χ4v) is 2.23. The van der Waals surface area contributed by atoms with Gasteiger partial charge in [-0.2, -0.15) is 0 Å². The predicted molar refractivity (Wildman–Crippen MR) is 70.1 cm³/mol. The van der Waals surface area contributed by atoms with E-state index in [9.17, 15) is 9.59 Å². The summed E-state index contributed by atoms with van der Waals surface area (Å²) in [4.78, 5) is 29.0. The summed E-state index contributed by atoms with van der Waals surface area (Å²) in [6.07, 6.45) is 1.15. The van der Waals surface area contributed by atoms with Crippen LogP contribution >= 0.6 is 0 Å². The minimum Gasteiger partial charge on any atom is -0.382 e. The molecule has 0 saturated carbocycles. The Morgan fingerprint density at radius 3 is 3.05 bits per heavy atom. The maximum absolute atomic E-state index is 11.8. The van der Waals surface area contributed by atoms with Gasteiger partial charge in [-0.3, -0.25) is 14.3 Å². The largest absolute Gasteiger partial charge is 0.382 e. The van der Waals surface area contributed by atoms with E-state index in [0.717, 1.165) is 0 Å². The first kappa shape index (κ1) is 14.4. The van der Waals surface area contributed by atoms with Gasteiger partial charge in [0.2, 0.25) is 0 Å². The minimum absolute atomic E-state index is 0.225. The Labute approximate surface area is 114 Å². The molecular weight excluding hydrogens is 264 g/mol. The van der Waals surface area contributed by atoms with Crippen LogP contribution in [-0.2, 0) is 9.47 Å². The lowest BCUT2D eigenvalue weighted by Crippen LogP contribution is -2.33. The van der Waals surface area contributed by atoms with Gasteiger partial charge in [-0.15, -0.1) is 0 Å². The monoisotopic (exact) mass is 281 g/mol. The molecule has 1 aliphatic heterocycles. The highest BCUT2D eigenvalue weighted by Gasteiger charge is 2.39. The first-order chi connectivity index (χ1) is 9.56. The predicted octanol–water partition coefficient (Wildman–Crippen LogP) is -0.491. The van der Waals surface area contributed by atoms with Crippen molar-refractivity contribution in [3.63, 3.8) is 0 Å². The maximum atomic E-state index is 11.8. The van der Waals surface area contributed by atoms with Gasteiger partial charge < -0.3 is 9.47 Å². The molecule has 2 rings (SSSR count). The topological polar surface area (TPSA) is 99.8 Å². The van der Waals surface area contributed by atoms with Crippen LogP contribution in [-0.4, -0.2) is 46.9 Å². The molecule has 0 amide bonds. The van der Waals surface area contributed by atoms with Crippen molar-refractivity contribution in [2.24, 2.45) is 5.11 Å². The highest BCUT2D eigenvalue weighted by Crippen LogP contribution is 2.29. The summed E-state index contributed by atoms with van der Waals surface area (Å²) in [7, 11) is 1.56. The fraction of sp³-hybridized carbons (Fsp3) is 0.583. The van der Waals surface area contributed by atoms with Gasteiger partial charge in [0, 0.05) is 30.1 Å². The summed E-state index contributed by atoms with van der Waals surface area (Å²) in [6.45, 7) is 5.30. The molecule has 0 aromatic carbocycles. The van der Waals surface area contributed by atoms with E-state index >= 15 is 0 Å². The molecule has 1 saturated heterocycles. The molecule has 1 N–H and O–H groups in total. The van der Waals surface area contributed by atoms with Crippen molar-refractivity contribution in [2.45, 2.75) is 31.7 Å². The number of aromatic nitrogens is 2. The molecule has 3 atom stereocenters. The molecule has 108 valence electrons. The van der Waals surface area contributed by atoms with Gasteiger partial charge in [-0.25, -0.2) is 4.79 Å². The Morgan fingerprint density at radius 2 is 2.40 bits per heavy atom. The number of nitrogens with zero attached hydrogens (tertiary/aromatic N) is 3. The van der Waals surface area contributed by atoms with Gasteiger partial charge in [0.15, 0.2) is 6.04 Å². The van der Waals surface area contributed by atoms with Gasteiger partial charge in [0.25, 0.3) is 12.3 Å². The Balaban J connectivity index is 2.31. The van der Waals surface area contributed by atoms with Crippen LogP contribution in [0.3, 0.4) is 0 Å². The lowest BCUT2D eigenvalue weighted by molar-refractivity contribution is -0.0998. The Bertz CT molecular complexity index is 644. The van der Waals surface area contributed by atoms with Crippen molar-refractivity contribution >= 4 is 6.72 Å². The fourth-order valence-electron chi connectivity index (χ4n) is 2.23. The highest BCUT2D eigenvalue weighted by atomic mass is 16.5.